The molecule has 136 valence electrons. The second kappa shape index (κ2) is 7.15. The van der Waals surface area contributed by atoms with Crippen molar-refractivity contribution in [2.45, 2.75) is 51.9 Å². The maximum Gasteiger partial charge on any atom is 0.307 e. The summed E-state index contributed by atoms with van der Waals surface area (Å²) in [5.41, 5.74) is 6.95. The average molecular weight is 364 g/mol. The molecule has 6 nitrogen and oxygen atoms in total. The van der Waals surface area contributed by atoms with E-state index in [9.17, 15) is 19.5 Å². The molecule has 3 rings (SSSR count). The third-order valence-corrected chi connectivity index (χ3v) is 6.58. The zero-order valence-electron chi connectivity index (χ0n) is 14.3. The first-order valence-electron chi connectivity index (χ1n) is 8.86. The third-order valence-electron chi connectivity index (χ3n) is 5.41. The van der Waals surface area contributed by atoms with Crippen LogP contribution in [0.1, 0.15) is 59.8 Å². The van der Waals surface area contributed by atoms with Crippen molar-refractivity contribution < 1.29 is 19.5 Å². The number of nitrogens with one attached hydrogen (secondary N) is 1. The van der Waals surface area contributed by atoms with Crippen molar-refractivity contribution in [2.24, 2.45) is 23.5 Å². The van der Waals surface area contributed by atoms with Gasteiger partial charge in [-0.15, -0.1) is 11.3 Å². The largest absolute Gasteiger partial charge is 0.481 e. The number of thiophene rings is 1. The zero-order valence-corrected chi connectivity index (χ0v) is 15.2. The Kier molecular flexibility index (Phi) is 5.13. The summed E-state index contributed by atoms with van der Waals surface area (Å²) in [5, 5.41) is 12.7. The molecule has 3 atom stereocenters. The molecule has 0 saturated heterocycles. The number of hydrogen-bond acceptors (Lipinski definition) is 4. The van der Waals surface area contributed by atoms with E-state index in [1.165, 1.54) is 11.3 Å². The lowest BCUT2D eigenvalue weighted by atomic mass is 9.78. The molecule has 7 heteroatoms. The Bertz CT molecular complexity index is 712. The SMILES string of the molecule is C[C@@H]1CCc2c(sc(NC(=O)[C@H]3CCCC[C@@H]3C(=O)O)c2C(N)=O)C1. The van der Waals surface area contributed by atoms with E-state index in [1.54, 1.807) is 0 Å². The summed E-state index contributed by atoms with van der Waals surface area (Å²) in [6, 6.07) is 0. The predicted molar refractivity (Wildman–Crippen MR) is 95.7 cm³/mol. The van der Waals surface area contributed by atoms with Crippen molar-refractivity contribution in [3.8, 4) is 0 Å². The number of carboxylic acid groups (broad SMARTS) is 1. The first-order chi connectivity index (χ1) is 11.9. The van der Waals surface area contributed by atoms with Gasteiger partial charge in [-0.25, -0.2) is 0 Å². The molecule has 1 aromatic heterocycles. The molecule has 0 spiro atoms. The van der Waals surface area contributed by atoms with Crippen molar-refractivity contribution in [3.05, 3.63) is 16.0 Å². The fourth-order valence-electron chi connectivity index (χ4n) is 4.04. The summed E-state index contributed by atoms with van der Waals surface area (Å²) in [6.45, 7) is 2.17. The van der Waals surface area contributed by atoms with E-state index < -0.39 is 23.7 Å². The molecule has 0 aromatic carbocycles. The van der Waals surface area contributed by atoms with Crippen LogP contribution < -0.4 is 11.1 Å². The van der Waals surface area contributed by atoms with Crippen molar-refractivity contribution in [2.75, 3.05) is 5.32 Å². The van der Waals surface area contributed by atoms with Gasteiger partial charge in [0.15, 0.2) is 0 Å². The fourth-order valence-corrected chi connectivity index (χ4v) is 5.46. The fraction of sp³-hybridized carbons (Fsp3) is 0.611. The minimum absolute atomic E-state index is 0.304. The number of primary amides is 1. The normalized spacial score (nSPS) is 25.9. The van der Waals surface area contributed by atoms with Gasteiger partial charge >= 0.3 is 5.97 Å². The van der Waals surface area contributed by atoms with Crippen LogP contribution in [0, 0.1) is 17.8 Å². The van der Waals surface area contributed by atoms with Crippen LogP contribution >= 0.6 is 11.3 Å². The molecule has 0 bridgehead atoms. The average Bonchev–Trinajstić information content (AvgIpc) is 2.91. The van der Waals surface area contributed by atoms with Crippen LogP contribution in [0.15, 0.2) is 0 Å². The maximum absolute atomic E-state index is 12.7. The van der Waals surface area contributed by atoms with Gasteiger partial charge in [0.25, 0.3) is 5.91 Å². The number of carbonyl (C=O) groups is 3. The number of nitrogens with two attached hydrogens (primary N) is 1. The molecule has 1 heterocycles. The Hall–Kier alpha value is -1.89. The van der Waals surface area contributed by atoms with E-state index in [1.807, 2.05) is 0 Å². The van der Waals surface area contributed by atoms with Gasteiger partial charge in [0.05, 0.1) is 17.4 Å². The Morgan fingerprint density at radius 1 is 1.16 bits per heavy atom. The van der Waals surface area contributed by atoms with Gasteiger partial charge in [0.1, 0.15) is 5.00 Å². The van der Waals surface area contributed by atoms with Gasteiger partial charge in [-0.2, -0.15) is 0 Å². The van der Waals surface area contributed by atoms with Crippen molar-refractivity contribution >= 4 is 34.1 Å². The number of hydrogen-bond donors (Lipinski definition) is 3. The van der Waals surface area contributed by atoms with Crippen LogP contribution in [0.4, 0.5) is 5.00 Å². The number of anilines is 1. The zero-order chi connectivity index (χ0) is 18.1. The Morgan fingerprint density at radius 3 is 2.48 bits per heavy atom. The summed E-state index contributed by atoms with van der Waals surface area (Å²) >= 11 is 1.42. The van der Waals surface area contributed by atoms with Gasteiger partial charge in [0.2, 0.25) is 5.91 Å². The molecular formula is C18H24N2O4S. The van der Waals surface area contributed by atoms with Crippen LogP contribution in [0.2, 0.25) is 0 Å². The van der Waals surface area contributed by atoms with E-state index in [2.05, 4.69) is 12.2 Å². The number of amides is 2. The molecule has 1 fully saturated rings. The van der Waals surface area contributed by atoms with Gasteiger partial charge < -0.3 is 16.2 Å². The van der Waals surface area contributed by atoms with E-state index in [-0.39, 0.29) is 5.91 Å². The molecule has 2 aliphatic rings. The molecular weight excluding hydrogens is 340 g/mol. The summed E-state index contributed by atoms with van der Waals surface area (Å²) in [5.74, 6) is -2.41. The number of rotatable bonds is 4. The summed E-state index contributed by atoms with van der Waals surface area (Å²) in [4.78, 5) is 37.2. The van der Waals surface area contributed by atoms with E-state index >= 15 is 0 Å². The molecule has 25 heavy (non-hydrogen) atoms. The second-order valence-corrected chi connectivity index (χ2v) is 8.35. The van der Waals surface area contributed by atoms with Gasteiger partial charge in [-0.3, -0.25) is 14.4 Å². The highest BCUT2D eigenvalue weighted by Gasteiger charge is 2.37. The van der Waals surface area contributed by atoms with Crippen molar-refractivity contribution in [1.82, 2.24) is 0 Å². The minimum Gasteiger partial charge on any atom is -0.481 e. The number of aliphatic carboxylic acids is 1. The lowest BCUT2D eigenvalue weighted by molar-refractivity contribution is -0.147. The predicted octanol–water partition coefficient (Wildman–Crippen LogP) is 2.80. The number of fused-ring (bicyclic) bond motifs is 1. The monoisotopic (exact) mass is 364 g/mol. The molecule has 2 aliphatic carbocycles. The highest BCUT2D eigenvalue weighted by atomic mass is 32.1. The molecule has 0 unspecified atom stereocenters. The first kappa shape index (κ1) is 17.9. The number of carbonyl (C=O) groups excluding carboxylic acids is 2. The molecule has 1 saturated carbocycles. The third kappa shape index (κ3) is 3.56. The Morgan fingerprint density at radius 2 is 1.84 bits per heavy atom. The van der Waals surface area contributed by atoms with Crippen molar-refractivity contribution in [1.29, 1.82) is 0 Å². The molecule has 2 amide bonds. The molecule has 0 radical (unpaired) electrons. The van der Waals surface area contributed by atoms with Crippen LogP contribution in [-0.4, -0.2) is 22.9 Å². The van der Waals surface area contributed by atoms with Gasteiger partial charge in [0, 0.05) is 4.88 Å². The quantitative estimate of drug-likeness (QED) is 0.763. The molecule has 1 aromatic rings. The minimum atomic E-state index is -0.922. The van der Waals surface area contributed by atoms with Crippen LogP contribution in [0.3, 0.4) is 0 Å². The highest BCUT2D eigenvalue weighted by Crippen LogP contribution is 2.40. The first-order valence-corrected chi connectivity index (χ1v) is 9.68. The van der Waals surface area contributed by atoms with E-state index in [0.717, 1.165) is 42.5 Å². The lowest BCUT2D eigenvalue weighted by Gasteiger charge is -2.27. The maximum atomic E-state index is 12.7. The number of carboxylic acids is 1. The van der Waals surface area contributed by atoms with Crippen LogP contribution in [0.25, 0.3) is 0 Å². The second-order valence-electron chi connectivity index (χ2n) is 7.25. The van der Waals surface area contributed by atoms with Crippen molar-refractivity contribution in [3.63, 3.8) is 0 Å². The summed E-state index contributed by atoms with van der Waals surface area (Å²) < 4.78 is 0. The van der Waals surface area contributed by atoms with Crippen LogP contribution in [-0.2, 0) is 22.4 Å². The molecule has 0 aliphatic heterocycles. The van der Waals surface area contributed by atoms with E-state index in [4.69, 9.17) is 5.73 Å². The van der Waals surface area contributed by atoms with Gasteiger partial charge in [-0.05, 0) is 43.6 Å². The summed E-state index contributed by atoms with van der Waals surface area (Å²) in [7, 11) is 0. The molecule has 4 N–H and O–H groups in total. The smallest absolute Gasteiger partial charge is 0.307 e. The topological polar surface area (TPSA) is 109 Å². The van der Waals surface area contributed by atoms with E-state index in [0.29, 0.717) is 29.3 Å². The Balaban J connectivity index is 1.86. The lowest BCUT2D eigenvalue weighted by Crippen LogP contribution is -2.36. The van der Waals surface area contributed by atoms with Gasteiger partial charge in [-0.1, -0.05) is 19.8 Å². The standard InChI is InChI=1S/C18H24N2O4S/c1-9-6-7-12-13(8-9)25-17(14(12)15(19)21)20-16(22)10-4-2-3-5-11(10)18(23)24/h9-11H,2-8H2,1H3,(H2,19,21)(H,20,22)(H,23,24)/t9-,10+,11+/m1/s1. The van der Waals surface area contributed by atoms with Crippen LogP contribution in [0.5, 0.6) is 0 Å². The summed E-state index contributed by atoms with van der Waals surface area (Å²) in [6.07, 6.45) is 5.45. The highest BCUT2D eigenvalue weighted by molar-refractivity contribution is 7.17. The Labute approximate surface area is 150 Å².